The summed E-state index contributed by atoms with van der Waals surface area (Å²) in [5, 5.41) is 8.54. The van der Waals surface area contributed by atoms with E-state index >= 15 is 0 Å². The number of hydrogen-bond donors (Lipinski definition) is 1. The van der Waals surface area contributed by atoms with Gasteiger partial charge in [-0.15, -0.1) is 0 Å². The van der Waals surface area contributed by atoms with Gasteiger partial charge >= 0.3 is 11.9 Å². The van der Waals surface area contributed by atoms with Crippen LogP contribution in [0.4, 0.5) is 0 Å². The van der Waals surface area contributed by atoms with E-state index in [0.717, 1.165) is 12.8 Å². The largest absolute Gasteiger partial charge is 0.481 e. The van der Waals surface area contributed by atoms with Crippen LogP contribution in [-0.2, 0) is 14.3 Å². The van der Waals surface area contributed by atoms with E-state index in [9.17, 15) is 9.59 Å². The molecule has 0 fully saturated rings. The van der Waals surface area contributed by atoms with Crippen molar-refractivity contribution in [3.05, 3.63) is 11.8 Å². The molecule has 0 saturated heterocycles. The van der Waals surface area contributed by atoms with Crippen LogP contribution in [-0.4, -0.2) is 17.0 Å². The molecule has 0 amide bonds. The molecule has 0 aliphatic heterocycles. The molecule has 0 atom stereocenters. The number of hydrogen-bond acceptors (Lipinski definition) is 3. The maximum Gasteiger partial charge on any atom is 0.308 e. The lowest BCUT2D eigenvalue weighted by molar-refractivity contribution is -0.137. The lowest BCUT2D eigenvalue weighted by atomic mass is 10.0. The van der Waals surface area contributed by atoms with E-state index in [1.54, 1.807) is 0 Å². The van der Waals surface area contributed by atoms with Gasteiger partial charge in [0.2, 0.25) is 0 Å². The van der Waals surface area contributed by atoms with Crippen LogP contribution in [0.3, 0.4) is 0 Å². The Labute approximate surface area is 177 Å². The smallest absolute Gasteiger partial charge is 0.308 e. The molecule has 0 aromatic carbocycles. The van der Waals surface area contributed by atoms with Crippen molar-refractivity contribution in [2.75, 3.05) is 0 Å². The Bertz CT molecular complexity index is 596. The predicted octanol–water partition coefficient (Wildman–Crippen LogP) is 6.40. The van der Waals surface area contributed by atoms with Crippen LogP contribution >= 0.6 is 0 Å². The van der Waals surface area contributed by atoms with E-state index in [4.69, 9.17) is 9.84 Å². The maximum atomic E-state index is 11.2. The van der Waals surface area contributed by atoms with Gasteiger partial charge in [-0.2, -0.15) is 0 Å². The third-order valence-electron chi connectivity index (χ3n) is 4.44. The molecule has 0 rings (SSSR count). The van der Waals surface area contributed by atoms with Crippen LogP contribution in [0.1, 0.15) is 110 Å². The minimum absolute atomic E-state index is 0.000279. The predicted molar refractivity (Wildman–Crippen MR) is 118 cm³/mol. The first-order valence-electron chi connectivity index (χ1n) is 11.2. The monoisotopic (exact) mass is 402 g/mol. The van der Waals surface area contributed by atoms with Gasteiger partial charge in [-0.1, -0.05) is 83.5 Å². The first-order valence-corrected chi connectivity index (χ1v) is 11.2. The molecule has 4 nitrogen and oxygen atoms in total. The summed E-state index contributed by atoms with van der Waals surface area (Å²) in [6.45, 7) is 3.60. The Hall–Kier alpha value is -2.20. The van der Waals surface area contributed by atoms with Crippen molar-refractivity contribution in [1.29, 1.82) is 0 Å². The SMILES string of the molecule is CCCCCCCCCCCCCC/C=C(/C#CC#CCCC(=O)O)OC(C)=O. The molecule has 29 heavy (non-hydrogen) atoms. The molecule has 0 unspecified atom stereocenters. The van der Waals surface area contributed by atoms with Gasteiger partial charge in [-0.3, -0.25) is 9.59 Å². The lowest BCUT2D eigenvalue weighted by Crippen LogP contribution is -1.97. The molecule has 0 saturated carbocycles. The number of unbranched alkanes of at least 4 members (excludes halogenated alkanes) is 12. The fourth-order valence-electron chi connectivity index (χ4n) is 2.86. The highest BCUT2D eigenvalue weighted by Crippen LogP contribution is 2.13. The summed E-state index contributed by atoms with van der Waals surface area (Å²) in [6.07, 6.45) is 18.6. The highest BCUT2D eigenvalue weighted by Gasteiger charge is 1.98. The number of ether oxygens (including phenoxy) is 1. The summed E-state index contributed by atoms with van der Waals surface area (Å²) in [5.41, 5.74) is 0. The first kappa shape index (κ1) is 26.8. The Morgan fingerprint density at radius 1 is 0.862 bits per heavy atom. The molecule has 0 aromatic heterocycles. The number of carboxylic acids is 1. The van der Waals surface area contributed by atoms with Crippen molar-refractivity contribution >= 4 is 11.9 Å². The third kappa shape index (κ3) is 22.0. The van der Waals surface area contributed by atoms with E-state index in [0.29, 0.717) is 5.76 Å². The summed E-state index contributed by atoms with van der Waals surface area (Å²) >= 11 is 0. The van der Waals surface area contributed by atoms with Crippen molar-refractivity contribution in [3.63, 3.8) is 0 Å². The van der Waals surface area contributed by atoms with Crippen LogP contribution in [0.25, 0.3) is 0 Å². The van der Waals surface area contributed by atoms with Gasteiger partial charge in [-0.25, -0.2) is 0 Å². The van der Waals surface area contributed by atoms with E-state index < -0.39 is 11.9 Å². The highest BCUT2D eigenvalue weighted by atomic mass is 16.5. The van der Waals surface area contributed by atoms with Crippen LogP contribution in [0.5, 0.6) is 0 Å². The Morgan fingerprint density at radius 2 is 1.41 bits per heavy atom. The zero-order chi connectivity index (χ0) is 21.6. The molecule has 0 heterocycles. The number of aliphatic carboxylic acids is 1. The second-order valence-corrected chi connectivity index (χ2v) is 7.29. The van der Waals surface area contributed by atoms with Crippen LogP contribution in [0.2, 0.25) is 0 Å². The Balaban J connectivity index is 3.91. The first-order chi connectivity index (χ1) is 14.1. The van der Waals surface area contributed by atoms with Crippen molar-refractivity contribution in [3.8, 4) is 23.7 Å². The quantitative estimate of drug-likeness (QED) is 0.140. The van der Waals surface area contributed by atoms with E-state index in [1.165, 1.54) is 77.6 Å². The summed E-state index contributed by atoms with van der Waals surface area (Å²) in [7, 11) is 0. The topological polar surface area (TPSA) is 63.6 Å². The molecule has 162 valence electrons. The average molecular weight is 403 g/mol. The second kappa shape index (κ2) is 20.5. The molecule has 0 aliphatic rings. The van der Waals surface area contributed by atoms with Crippen molar-refractivity contribution in [2.24, 2.45) is 0 Å². The van der Waals surface area contributed by atoms with Gasteiger partial charge in [0.05, 0.1) is 6.42 Å². The molecule has 1 N–H and O–H groups in total. The zero-order valence-corrected chi connectivity index (χ0v) is 18.4. The number of allylic oxidation sites excluding steroid dienone is 2. The van der Waals surface area contributed by atoms with E-state index in [1.807, 2.05) is 6.08 Å². The summed E-state index contributed by atoms with van der Waals surface area (Å²) in [4.78, 5) is 21.6. The number of carbonyl (C=O) groups excluding carboxylic acids is 1. The number of rotatable bonds is 16. The van der Waals surface area contributed by atoms with Gasteiger partial charge < -0.3 is 9.84 Å². The number of carboxylic acid groups (broad SMARTS) is 1. The zero-order valence-electron chi connectivity index (χ0n) is 18.4. The molecular formula is C25H38O4. The van der Waals surface area contributed by atoms with E-state index in [2.05, 4.69) is 30.6 Å². The standard InChI is InChI=1S/C25H38O4/c1-3-4-5-6-7-8-9-10-11-12-13-14-17-20-24(29-23(2)26)21-18-15-16-19-22-25(27)28/h20H,3-14,17,19,22H2,1-2H3,(H,27,28)/b24-20-. The lowest BCUT2D eigenvalue weighted by Gasteiger charge is -2.02. The van der Waals surface area contributed by atoms with Crippen molar-refractivity contribution in [1.82, 2.24) is 0 Å². The number of esters is 1. The third-order valence-corrected chi connectivity index (χ3v) is 4.44. The van der Waals surface area contributed by atoms with Crippen molar-refractivity contribution < 1.29 is 19.4 Å². The fraction of sp³-hybridized carbons (Fsp3) is 0.680. The van der Waals surface area contributed by atoms with Crippen LogP contribution in [0, 0.1) is 23.7 Å². The van der Waals surface area contributed by atoms with Gasteiger partial charge in [-0.05, 0) is 36.7 Å². The summed E-state index contributed by atoms with van der Waals surface area (Å²) in [6, 6.07) is 0. The van der Waals surface area contributed by atoms with Crippen LogP contribution < -0.4 is 0 Å². The Kier molecular flexibility index (Phi) is 19.0. The molecular weight excluding hydrogens is 364 g/mol. The Morgan fingerprint density at radius 3 is 1.93 bits per heavy atom. The van der Waals surface area contributed by atoms with Gasteiger partial charge in [0, 0.05) is 13.3 Å². The summed E-state index contributed by atoms with van der Waals surface area (Å²) < 4.78 is 5.09. The van der Waals surface area contributed by atoms with Gasteiger partial charge in [0.25, 0.3) is 0 Å². The molecule has 4 heteroatoms. The highest BCUT2D eigenvalue weighted by molar-refractivity contribution is 5.68. The molecule has 0 spiro atoms. The number of carbonyl (C=O) groups is 2. The van der Waals surface area contributed by atoms with Crippen LogP contribution in [0.15, 0.2) is 11.8 Å². The fourth-order valence-corrected chi connectivity index (χ4v) is 2.86. The second-order valence-electron chi connectivity index (χ2n) is 7.29. The molecule has 0 radical (unpaired) electrons. The minimum atomic E-state index is -0.879. The average Bonchev–Trinajstić information content (AvgIpc) is 2.67. The molecule has 0 bridgehead atoms. The maximum absolute atomic E-state index is 11.2. The van der Waals surface area contributed by atoms with E-state index in [-0.39, 0.29) is 12.8 Å². The minimum Gasteiger partial charge on any atom is -0.481 e. The molecule has 0 aromatic rings. The van der Waals surface area contributed by atoms with Gasteiger partial charge in [0.15, 0.2) is 5.76 Å². The molecule has 0 aliphatic carbocycles. The normalized spacial score (nSPS) is 10.5. The van der Waals surface area contributed by atoms with Gasteiger partial charge in [0.1, 0.15) is 0 Å². The summed E-state index contributed by atoms with van der Waals surface area (Å²) in [5.74, 6) is 9.64. The van der Waals surface area contributed by atoms with Crippen molar-refractivity contribution in [2.45, 2.75) is 110 Å².